The Bertz CT molecular complexity index is 1640. The predicted molar refractivity (Wildman–Crippen MR) is 163 cm³/mol. The topological polar surface area (TPSA) is 55.2 Å². The summed E-state index contributed by atoms with van der Waals surface area (Å²) in [6.45, 7) is 8.39. The van der Waals surface area contributed by atoms with Crippen LogP contribution in [0.1, 0.15) is 45.9 Å². The van der Waals surface area contributed by atoms with E-state index in [9.17, 15) is 0 Å². The first-order chi connectivity index (χ1) is 19.4. The highest BCUT2D eigenvalue weighted by Gasteiger charge is 2.42. The van der Waals surface area contributed by atoms with E-state index < -0.39 is 0 Å². The maximum absolute atomic E-state index is 6.09. The second-order valence-electron chi connectivity index (χ2n) is 10.3. The molecule has 1 N–H and O–H groups in total. The zero-order chi connectivity index (χ0) is 27.8. The minimum Gasteiger partial charge on any atom is -0.457 e. The monoisotopic (exact) mass is 545 g/mol. The Kier molecular flexibility index (Phi) is 6.82. The van der Waals surface area contributed by atoms with Crippen molar-refractivity contribution in [2.75, 3.05) is 4.90 Å². The van der Waals surface area contributed by atoms with Crippen LogP contribution in [0.3, 0.4) is 0 Å². The van der Waals surface area contributed by atoms with Gasteiger partial charge in [-0.2, -0.15) is 0 Å². The van der Waals surface area contributed by atoms with E-state index in [1.807, 2.05) is 60.9 Å². The number of anilines is 1. The van der Waals surface area contributed by atoms with Gasteiger partial charge >= 0.3 is 0 Å². The van der Waals surface area contributed by atoms with Crippen molar-refractivity contribution in [1.29, 1.82) is 0 Å². The number of aryl methyl sites for hydroxylation is 3. The summed E-state index contributed by atoms with van der Waals surface area (Å²) in [6.07, 6.45) is 3.74. The maximum atomic E-state index is 6.09. The van der Waals surface area contributed by atoms with Crippen LogP contribution < -0.4 is 15.0 Å². The number of aromatic nitrogens is 3. The molecule has 2 unspecified atom stereocenters. The fourth-order valence-corrected chi connectivity index (χ4v) is 5.74. The highest BCUT2D eigenvalue weighted by molar-refractivity contribution is 7.80. The van der Waals surface area contributed by atoms with Crippen LogP contribution in [0, 0.1) is 27.7 Å². The predicted octanol–water partition coefficient (Wildman–Crippen LogP) is 7.47. The van der Waals surface area contributed by atoms with E-state index in [1.165, 1.54) is 11.1 Å². The molecule has 7 heteroatoms. The summed E-state index contributed by atoms with van der Waals surface area (Å²) in [6, 6.07) is 28.3. The normalized spacial score (nSPS) is 16.7. The van der Waals surface area contributed by atoms with Crippen LogP contribution in [0.2, 0.25) is 0 Å². The first-order valence-electron chi connectivity index (χ1n) is 13.4. The third-order valence-electron chi connectivity index (χ3n) is 7.38. The quantitative estimate of drug-likeness (QED) is 0.223. The average Bonchev–Trinajstić information content (AvgIpc) is 3.46. The molecule has 0 radical (unpaired) electrons. The summed E-state index contributed by atoms with van der Waals surface area (Å²) < 4.78 is 8.30. The molecular weight excluding hydrogens is 514 g/mol. The van der Waals surface area contributed by atoms with E-state index in [0.717, 1.165) is 45.6 Å². The highest BCUT2D eigenvalue weighted by Crippen LogP contribution is 2.44. The molecule has 1 aliphatic rings. The number of hydrogen-bond acceptors (Lipinski definition) is 4. The summed E-state index contributed by atoms with van der Waals surface area (Å²) in [5, 5.41) is 4.23. The molecule has 3 aromatic heterocycles. The Morgan fingerprint density at radius 1 is 0.800 bits per heavy atom. The molecular formula is C33H31N5OS. The molecule has 40 heavy (non-hydrogen) atoms. The van der Waals surface area contributed by atoms with E-state index >= 15 is 0 Å². The van der Waals surface area contributed by atoms with Gasteiger partial charge in [0.05, 0.1) is 17.8 Å². The Morgan fingerprint density at radius 3 is 2.15 bits per heavy atom. The Hall–Kier alpha value is -4.49. The van der Waals surface area contributed by atoms with Crippen LogP contribution in [-0.4, -0.2) is 19.6 Å². The summed E-state index contributed by atoms with van der Waals surface area (Å²) in [4.78, 5) is 11.6. The molecule has 2 atom stereocenters. The van der Waals surface area contributed by atoms with Crippen molar-refractivity contribution in [3.8, 4) is 17.3 Å². The lowest BCUT2D eigenvalue weighted by molar-refractivity contribution is 0.482. The largest absolute Gasteiger partial charge is 0.457 e. The molecule has 5 aromatic rings. The Balaban J connectivity index is 1.40. The van der Waals surface area contributed by atoms with Crippen molar-refractivity contribution in [2.45, 2.75) is 39.8 Å². The number of hydrogen-bond donors (Lipinski definition) is 1. The fourth-order valence-electron chi connectivity index (χ4n) is 5.40. The molecule has 1 aliphatic heterocycles. The maximum Gasteiger partial charge on any atom is 0.174 e. The van der Waals surface area contributed by atoms with Crippen LogP contribution in [0.15, 0.2) is 97.3 Å². The lowest BCUT2D eigenvalue weighted by Crippen LogP contribution is -2.29. The molecule has 200 valence electrons. The van der Waals surface area contributed by atoms with Crippen LogP contribution in [0.4, 0.5) is 5.69 Å². The minimum absolute atomic E-state index is 0.114. The lowest BCUT2D eigenvalue weighted by atomic mass is 9.96. The van der Waals surface area contributed by atoms with Crippen molar-refractivity contribution in [1.82, 2.24) is 19.9 Å². The second-order valence-corrected chi connectivity index (χ2v) is 10.6. The number of benzene rings is 2. The molecule has 6 nitrogen and oxygen atoms in total. The van der Waals surface area contributed by atoms with Gasteiger partial charge in [0.15, 0.2) is 5.11 Å². The first-order valence-corrected chi connectivity index (χ1v) is 13.8. The molecule has 6 rings (SSSR count). The fraction of sp³-hybridized carbons (Fsp3) is 0.182. The summed E-state index contributed by atoms with van der Waals surface area (Å²) in [7, 11) is 0. The molecule has 0 amide bonds. The summed E-state index contributed by atoms with van der Waals surface area (Å²) in [5.41, 5.74) is 7.66. The van der Waals surface area contributed by atoms with Gasteiger partial charge < -0.3 is 19.5 Å². The molecule has 1 fully saturated rings. The van der Waals surface area contributed by atoms with Gasteiger partial charge in [-0.1, -0.05) is 29.8 Å². The molecule has 0 aliphatic carbocycles. The third kappa shape index (κ3) is 4.84. The van der Waals surface area contributed by atoms with Crippen LogP contribution in [0.25, 0.3) is 5.82 Å². The first kappa shape index (κ1) is 25.8. The van der Waals surface area contributed by atoms with Gasteiger partial charge in [0.1, 0.15) is 17.3 Å². The number of ether oxygens (including phenoxy) is 1. The number of nitrogens with one attached hydrogen (secondary N) is 1. The Morgan fingerprint density at radius 2 is 1.50 bits per heavy atom. The number of rotatable bonds is 6. The lowest BCUT2D eigenvalue weighted by Gasteiger charge is -2.28. The smallest absolute Gasteiger partial charge is 0.174 e. The minimum atomic E-state index is -0.128. The third-order valence-corrected chi connectivity index (χ3v) is 7.70. The number of nitrogens with zero attached hydrogens (tertiary/aromatic N) is 4. The van der Waals surface area contributed by atoms with E-state index in [0.29, 0.717) is 5.11 Å². The van der Waals surface area contributed by atoms with Gasteiger partial charge in [0.25, 0.3) is 0 Å². The molecule has 0 spiro atoms. The van der Waals surface area contributed by atoms with Gasteiger partial charge in [-0.15, -0.1) is 0 Å². The van der Waals surface area contributed by atoms with Crippen molar-refractivity contribution in [3.63, 3.8) is 0 Å². The standard InChI is InChI=1S/C33H31N5OS/c1-21-8-13-26(14-9-21)39-27-15-11-25(12-16-27)38-32(31(36-33(38)40)29-7-5-6-18-34-29)28-19-23(3)37(24(28)4)30-17-10-22(2)20-35-30/h5-20,31-32H,1-4H3,(H,36,40). The van der Waals surface area contributed by atoms with Crippen molar-refractivity contribution >= 4 is 23.0 Å². The summed E-state index contributed by atoms with van der Waals surface area (Å²) >= 11 is 5.95. The molecule has 0 bridgehead atoms. The number of thiocarbonyl (C=S) groups is 1. The van der Waals surface area contributed by atoms with Gasteiger partial charge in [-0.25, -0.2) is 4.98 Å². The van der Waals surface area contributed by atoms with E-state index in [1.54, 1.807) is 0 Å². The van der Waals surface area contributed by atoms with Crippen molar-refractivity contribution < 1.29 is 4.74 Å². The zero-order valence-corrected chi connectivity index (χ0v) is 23.8. The second kappa shape index (κ2) is 10.6. The van der Waals surface area contributed by atoms with Crippen molar-refractivity contribution in [3.05, 3.63) is 131 Å². The molecule has 0 saturated carbocycles. The van der Waals surface area contributed by atoms with Gasteiger partial charge in [0.2, 0.25) is 0 Å². The van der Waals surface area contributed by atoms with Gasteiger partial charge in [0, 0.05) is 29.5 Å². The molecule has 2 aromatic carbocycles. The summed E-state index contributed by atoms with van der Waals surface area (Å²) in [5.74, 6) is 2.48. The average molecular weight is 546 g/mol. The van der Waals surface area contributed by atoms with Crippen LogP contribution >= 0.6 is 12.2 Å². The molecule has 1 saturated heterocycles. The number of pyridine rings is 2. The van der Waals surface area contributed by atoms with Crippen LogP contribution in [0.5, 0.6) is 11.5 Å². The zero-order valence-electron chi connectivity index (χ0n) is 23.0. The van der Waals surface area contributed by atoms with Crippen molar-refractivity contribution in [2.24, 2.45) is 0 Å². The Labute approximate surface area is 240 Å². The van der Waals surface area contributed by atoms with E-state index in [4.69, 9.17) is 26.9 Å². The molecule has 4 heterocycles. The van der Waals surface area contributed by atoms with E-state index in [-0.39, 0.29) is 12.1 Å². The van der Waals surface area contributed by atoms with Gasteiger partial charge in [-0.3, -0.25) is 4.98 Å². The van der Waals surface area contributed by atoms with Gasteiger partial charge in [-0.05, 0) is 112 Å². The SMILES string of the molecule is Cc1ccc(Oc2ccc(N3C(=S)NC(c4ccccn4)C3c3cc(C)n(-c4ccc(C)cn4)c3C)cc2)cc1. The van der Waals surface area contributed by atoms with Crippen LogP contribution in [-0.2, 0) is 0 Å². The van der Waals surface area contributed by atoms with E-state index in [2.05, 4.69) is 78.9 Å². The highest BCUT2D eigenvalue weighted by atomic mass is 32.1.